The van der Waals surface area contributed by atoms with E-state index in [2.05, 4.69) is 0 Å². The number of hydrogen-bond acceptors (Lipinski definition) is 4. The first kappa shape index (κ1) is 12.8. The van der Waals surface area contributed by atoms with Crippen LogP contribution in [0.1, 0.15) is 25.7 Å². The molecule has 0 saturated carbocycles. The monoisotopic (exact) mass is 244 g/mol. The lowest BCUT2D eigenvalue weighted by Crippen LogP contribution is -2.47. The van der Waals surface area contributed by atoms with Gasteiger partial charge in [0.25, 0.3) is 0 Å². The normalized spacial score (nSPS) is 25.6. The molecule has 0 atom stereocenters. The second kappa shape index (κ2) is 5.80. The van der Waals surface area contributed by atoms with Crippen LogP contribution in [-0.2, 0) is 19.0 Å². The van der Waals surface area contributed by atoms with Gasteiger partial charge in [-0.2, -0.15) is 0 Å². The van der Waals surface area contributed by atoms with Gasteiger partial charge in [-0.3, -0.25) is 0 Å². The fourth-order valence-corrected chi connectivity index (χ4v) is 2.31. The molecule has 0 spiro atoms. The summed E-state index contributed by atoms with van der Waals surface area (Å²) in [7, 11) is 0. The van der Waals surface area contributed by atoms with Crippen molar-refractivity contribution in [2.45, 2.75) is 31.3 Å². The Morgan fingerprint density at radius 1 is 1.18 bits per heavy atom. The Morgan fingerprint density at radius 3 is 2.35 bits per heavy atom. The molecule has 0 bridgehead atoms. The third-order valence-electron chi connectivity index (χ3n) is 3.63. The minimum atomic E-state index is -1.02. The number of carbonyl (C=O) groups is 1. The van der Waals surface area contributed by atoms with Gasteiger partial charge < -0.3 is 19.3 Å². The van der Waals surface area contributed by atoms with Gasteiger partial charge in [0, 0.05) is 39.3 Å². The maximum atomic E-state index is 11.3. The van der Waals surface area contributed by atoms with Crippen LogP contribution in [0.2, 0.25) is 0 Å². The van der Waals surface area contributed by atoms with Crippen LogP contribution in [0.4, 0.5) is 0 Å². The molecule has 0 aromatic heterocycles. The van der Waals surface area contributed by atoms with Crippen molar-refractivity contribution in [3.8, 4) is 0 Å². The Balaban J connectivity index is 1.86. The Bertz CT molecular complexity index is 254. The van der Waals surface area contributed by atoms with Crippen LogP contribution in [-0.4, -0.2) is 49.7 Å². The van der Waals surface area contributed by atoms with Crippen LogP contribution in [0, 0.1) is 5.92 Å². The van der Waals surface area contributed by atoms with Crippen LogP contribution >= 0.6 is 0 Å². The summed E-state index contributed by atoms with van der Waals surface area (Å²) >= 11 is 0. The minimum absolute atomic E-state index is 0.433. The standard InChI is InChI=1S/C12H20O5/c13-11(14)12(3-7-16-8-4-12)17-9-10-1-5-15-6-2-10/h10H,1-9H2,(H,13,14). The fourth-order valence-electron chi connectivity index (χ4n) is 2.31. The lowest BCUT2D eigenvalue weighted by molar-refractivity contribution is -0.182. The summed E-state index contributed by atoms with van der Waals surface area (Å²) in [5, 5.41) is 9.31. The Labute approximate surface area is 101 Å². The average Bonchev–Trinajstić information content (AvgIpc) is 2.38. The molecular weight excluding hydrogens is 224 g/mol. The Kier molecular flexibility index (Phi) is 4.36. The van der Waals surface area contributed by atoms with Crippen molar-refractivity contribution in [1.29, 1.82) is 0 Å². The SMILES string of the molecule is O=C(O)C1(OCC2CCOCC2)CCOCC1. The summed E-state index contributed by atoms with van der Waals surface area (Å²) in [6.07, 6.45) is 2.83. The van der Waals surface area contributed by atoms with E-state index in [0.717, 1.165) is 26.1 Å². The molecule has 2 aliphatic heterocycles. The molecular formula is C12H20O5. The quantitative estimate of drug-likeness (QED) is 0.801. The smallest absolute Gasteiger partial charge is 0.336 e. The molecule has 2 fully saturated rings. The van der Waals surface area contributed by atoms with Gasteiger partial charge in [0.05, 0.1) is 6.61 Å². The highest BCUT2D eigenvalue weighted by molar-refractivity contribution is 5.77. The molecule has 0 amide bonds. The predicted molar refractivity (Wildman–Crippen MR) is 59.9 cm³/mol. The molecule has 98 valence electrons. The van der Waals surface area contributed by atoms with Crippen LogP contribution in [0.3, 0.4) is 0 Å². The Hall–Kier alpha value is -0.650. The zero-order valence-electron chi connectivity index (χ0n) is 10.0. The van der Waals surface area contributed by atoms with E-state index in [1.165, 1.54) is 0 Å². The number of aliphatic carboxylic acids is 1. The maximum Gasteiger partial charge on any atom is 0.336 e. The number of rotatable bonds is 4. The van der Waals surface area contributed by atoms with E-state index in [1.807, 2.05) is 0 Å². The van der Waals surface area contributed by atoms with Gasteiger partial charge in [-0.15, -0.1) is 0 Å². The second-order valence-corrected chi connectivity index (χ2v) is 4.78. The molecule has 0 aromatic rings. The lowest BCUT2D eigenvalue weighted by atomic mass is 9.93. The highest BCUT2D eigenvalue weighted by Crippen LogP contribution is 2.27. The molecule has 2 aliphatic rings. The van der Waals surface area contributed by atoms with E-state index < -0.39 is 11.6 Å². The topological polar surface area (TPSA) is 65.0 Å². The molecule has 2 saturated heterocycles. The molecule has 5 heteroatoms. The first-order valence-corrected chi connectivity index (χ1v) is 6.26. The van der Waals surface area contributed by atoms with Gasteiger partial charge in [0.2, 0.25) is 0 Å². The van der Waals surface area contributed by atoms with Crippen LogP contribution in [0.25, 0.3) is 0 Å². The van der Waals surface area contributed by atoms with Crippen LogP contribution in [0.5, 0.6) is 0 Å². The summed E-state index contributed by atoms with van der Waals surface area (Å²) in [4.78, 5) is 11.3. The number of ether oxygens (including phenoxy) is 3. The lowest BCUT2D eigenvalue weighted by Gasteiger charge is -2.35. The van der Waals surface area contributed by atoms with E-state index in [0.29, 0.717) is 38.6 Å². The molecule has 1 N–H and O–H groups in total. The summed E-state index contributed by atoms with van der Waals surface area (Å²) in [5.41, 5.74) is -1.02. The van der Waals surface area contributed by atoms with Gasteiger partial charge in [0.1, 0.15) is 0 Å². The third-order valence-corrected chi connectivity index (χ3v) is 3.63. The van der Waals surface area contributed by atoms with Gasteiger partial charge in [0.15, 0.2) is 5.60 Å². The van der Waals surface area contributed by atoms with Crippen LogP contribution < -0.4 is 0 Å². The molecule has 0 aromatic carbocycles. The van der Waals surface area contributed by atoms with Crippen molar-refractivity contribution >= 4 is 5.97 Å². The van der Waals surface area contributed by atoms with Crippen molar-refractivity contribution < 1.29 is 24.1 Å². The van der Waals surface area contributed by atoms with Gasteiger partial charge in [-0.25, -0.2) is 4.79 Å². The maximum absolute atomic E-state index is 11.3. The summed E-state index contributed by atoms with van der Waals surface area (Å²) in [5.74, 6) is -0.421. The van der Waals surface area contributed by atoms with Crippen molar-refractivity contribution in [3.05, 3.63) is 0 Å². The first-order valence-electron chi connectivity index (χ1n) is 6.26. The van der Waals surface area contributed by atoms with E-state index in [9.17, 15) is 9.90 Å². The van der Waals surface area contributed by atoms with E-state index >= 15 is 0 Å². The number of carboxylic acids is 1. The van der Waals surface area contributed by atoms with Gasteiger partial charge in [-0.05, 0) is 18.8 Å². The number of hydrogen-bond donors (Lipinski definition) is 1. The largest absolute Gasteiger partial charge is 0.479 e. The molecule has 0 radical (unpaired) electrons. The van der Waals surface area contributed by atoms with Gasteiger partial charge >= 0.3 is 5.97 Å². The molecule has 5 nitrogen and oxygen atoms in total. The average molecular weight is 244 g/mol. The van der Waals surface area contributed by atoms with Crippen molar-refractivity contribution in [3.63, 3.8) is 0 Å². The summed E-state index contributed by atoms with van der Waals surface area (Å²) in [6.45, 7) is 2.99. The molecule has 2 rings (SSSR count). The predicted octanol–water partition coefficient (Wildman–Crippen LogP) is 1.06. The summed E-state index contributed by atoms with van der Waals surface area (Å²) in [6, 6.07) is 0. The minimum Gasteiger partial charge on any atom is -0.479 e. The van der Waals surface area contributed by atoms with E-state index in [-0.39, 0.29) is 0 Å². The van der Waals surface area contributed by atoms with E-state index in [1.54, 1.807) is 0 Å². The fraction of sp³-hybridized carbons (Fsp3) is 0.917. The molecule has 0 aliphatic carbocycles. The van der Waals surface area contributed by atoms with Crippen molar-refractivity contribution in [2.24, 2.45) is 5.92 Å². The zero-order chi connectivity index (χ0) is 12.1. The first-order chi connectivity index (χ1) is 8.23. The second-order valence-electron chi connectivity index (χ2n) is 4.78. The van der Waals surface area contributed by atoms with Crippen molar-refractivity contribution in [1.82, 2.24) is 0 Å². The molecule has 17 heavy (non-hydrogen) atoms. The highest BCUT2D eigenvalue weighted by Gasteiger charge is 2.41. The third kappa shape index (κ3) is 3.18. The number of carboxylic acid groups (broad SMARTS) is 1. The van der Waals surface area contributed by atoms with Crippen LogP contribution in [0.15, 0.2) is 0 Å². The Morgan fingerprint density at radius 2 is 1.76 bits per heavy atom. The molecule has 2 heterocycles. The highest BCUT2D eigenvalue weighted by atomic mass is 16.5. The van der Waals surface area contributed by atoms with Gasteiger partial charge in [-0.1, -0.05) is 0 Å². The van der Waals surface area contributed by atoms with E-state index in [4.69, 9.17) is 14.2 Å². The summed E-state index contributed by atoms with van der Waals surface area (Å²) < 4.78 is 16.2. The molecule has 0 unspecified atom stereocenters. The zero-order valence-corrected chi connectivity index (χ0v) is 10.0. The van der Waals surface area contributed by atoms with Crippen molar-refractivity contribution in [2.75, 3.05) is 33.0 Å².